The van der Waals surface area contributed by atoms with Crippen molar-refractivity contribution in [3.63, 3.8) is 0 Å². The molecule has 0 aliphatic carbocycles. The Morgan fingerprint density at radius 2 is 2.05 bits per heavy atom. The first-order valence-electron chi connectivity index (χ1n) is 7.74. The molecule has 1 aliphatic heterocycles. The second-order valence-corrected chi connectivity index (χ2v) is 5.81. The first kappa shape index (κ1) is 15.5. The van der Waals surface area contributed by atoms with Gasteiger partial charge in [0, 0.05) is 19.2 Å². The molecular weight excluding hydrogens is 250 g/mol. The molecule has 20 heavy (non-hydrogen) atoms. The second kappa shape index (κ2) is 7.77. The fraction of sp³-hybridized carbons (Fsp3) is 0.647. The van der Waals surface area contributed by atoms with Gasteiger partial charge in [0.25, 0.3) is 0 Å². The quantitative estimate of drug-likeness (QED) is 0.812. The van der Waals surface area contributed by atoms with Gasteiger partial charge in [-0.1, -0.05) is 24.3 Å². The summed E-state index contributed by atoms with van der Waals surface area (Å²) in [5, 5.41) is 8.84. The van der Waals surface area contributed by atoms with Crippen molar-refractivity contribution < 1.29 is 9.84 Å². The van der Waals surface area contributed by atoms with Gasteiger partial charge in [0.2, 0.25) is 0 Å². The van der Waals surface area contributed by atoms with Gasteiger partial charge in [-0.15, -0.1) is 0 Å². The molecule has 1 heterocycles. The molecule has 0 saturated carbocycles. The number of morpholine rings is 1. The summed E-state index contributed by atoms with van der Waals surface area (Å²) in [5.74, 6) is 0. The first-order valence-corrected chi connectivity index (χ1v) is 7.74. The third-order valence-corrected chi connectivity index (χ3v) is 4.20. The summed E-state index contributed by atoms with van der Waals surface area (Å²) in [5.41, 5.74) is 2.63. The molecule has 112 valence electrons. The number of unbranched alkanes of at least 4 members (excludes halogenated alkanes) is 2. The lowest BCUT2D eigenvalue weighted by Crippen LogP contribution is -2.45. The molecule has 0 aromatic heterocycles. The van der Waals surface area contributed by atoms with E-state index in [9.17, 15) is 0 Å². The number of aryl methyl sites for hydroxylation is 1. The molecule has 3 heteroatoms. The van der Waals surface area contributed by atoms with E-state index in [2.05, 4.69) is 43.0 Å². The largest absolute Gasteiger partial charge is 0.396 e. The van der Waals surface area contributed by atoms with E-state index in [0.717, 1.165) is 39.0 Å². The third kappa shape index (κ3) is 4.05. The Morgan fingerprint density at radius 1 is 1.25 bits per heavy atom. The van der Waals surface area contributed by atoms with Crippen molar-refractivity contribution >= 4 is 0 Å². The maximum Gasteiger partial charge on any atom is 0.0955 e. The van der Waals surface area contributed by atoms with Gasteiger partial charge in [-0.05, 0) is 50.8 Å². The van der Waals surface area contributed by atoms with Crippen LogP contribution in [0.15, 0.2) is 24.3 Å². The van der Waals surface area contributed by atoms with E-state index in [0.29, 0.717) is 12.6 Å². The standard InChI is InChI=1S/C17H27NO2/c1-14-8-4-5-9-16(14)17-12-18(15(2)13-20-17)10-6-3-7-11-19/h4-5,8-9,15,17,19H,3,6-7,10-13H2,1-2H3. The van der Waals surface area contributed by atoms with Crippen molar-refractivity contribution in [3.05, 3.63) is 35.4 Å². The minimum Gasteiger partial charge on any atom is -0.396 e. The van der Waals surface area contributed by atoms with Crippen molar-refractivity contribution in [2.24, 2.45) is 0 Å². The summed E-state index contributed by atoms with van der Waals surface area (Å²) in [6, 6.07) is 9.00. The van der Waals surface area contributed by atoms with E-state index < -0.39 is 0 Å². The number of aliphatic hydroxyl groups is 1. The Labute approximate surface area is 122 Å². The maximum absolute atomic E-state index is 8.84. The van der Waals surface area contributed by atoms with Crippen LogP contribution < -0.4 is 0 Å². The Morgan fingerprint density at radius 3 is 2.80 bits per heavy atom. The molecule has 2 atom stereocenters. The van der Waals surface area contributed by atoms with Crippen LogP contribution >= 0.6 is 0 Å². The highest BCUT2D eigenvalue weighted by atomic mass is 16.5. The van der Waals surface area contributed by atoms with Crippen LogP contribution in [0, 0.1) is 6.92 Å². The van der Waals surface area contributed by atoms with Gasteiger partial charge in [-0.2, -0.15) is 0 Å². The number of nitrogens with zero attached hydrogens (tertiary/aromatic N) is 1. The zero-order chi connectivity index (χ0) is 14.4. The van der Waals surface area contributed by atoms with E-state index >= 15 is 0 Å². The first-order chi connectivity index (χ1) is 9.72. The van der Waals surface area contributed by atoms with Crippen molar-refractivity contribution in [2.75, 3.05) is 26.3 Å². The summed E-state index contributed by atoms with van der Waals surface area (Å²) >= 11 is 0. The Balaban J connectivity index is 1.92. The highest BCUT2D eigenvalue weighted by Gasteiger charge is 2.27. The van der Waals surface area contributed by atoms with Crippen LogP contribution in [-0.2, 0) is 4.74 Å². The summed E-state index contributed by atoms with van der Waals surface area (Å²) in [7, 11) is 0. The van der Waals surface area contributed by atoms with E-state index in [1.165, 1.54) is 11.1 Å². The van der Waals surface area contributed by atoms with Crippen molar-refractivity contribution in [1.82, 2.24) is 4.90 Å². The normalized spacial score (nSPS) is 23.9. The topological polar surface area (TPSA) is 32.7 Å². The molecule has 0 amide bonds. The van der Waals surface area contributed by atoms with E-state index in [-0.39, 0.29) is 6.10 Å². The van der Waals surface area contributed by atoms with Gasteiger partial charge in [0.1, 0.15) is 0 Å². The molecular formula is C17H27NO2. The van der Waals surface area contributed by atoms with Crippen LogP contribution in [0.3, 0.4) is 0 Å². The molecule has 1 aliphatic rings. The fourth-order valence-corrected chi connectivity index (χ4v) is 2.86. The molecule has 1 aromatic carbocycles. The van der Waals surface area contributed by atoms with Crippen molar-refractivity contribution in [1.29, 1.82) is 0 Å². The molecule has 1 saturated heterocycles. The maximum atomic E-state index is 8.84. The van der Waals surface area contributed by atoms with Gasteiger partial charge in [-0.25, -0.2) is 0 Å². The molecule has 1 N–H and O–H groups in total. The zero-order valence-corrected chi connectivity index (χ0v) is 12.7. The van der Waals surface area contributed by atoms with Gasteiger partial charge < -0.3 is 9.84 Å². The van der Waals surface area contributed by atoms with Gasteiger partial charge >= 0.3 is 0 Å². The second-order valence-electron chi connectivity index (χ2n) is 5.81. The van der Waals surface area contributed by atoms with Crippen LogP contribution in [0.2, 0.25) is 0 Å². The number of hydrogen-bond acceptors (Lipinski definition) is 3. The Kier molecular flexibility index (Phi) is 6.02. The summed E-state index contributed by atoms with van der Waals surface area (Å²) in [6.07, 6.45) is 3.38. The lowest BCUT2D eigenvalue weighted by atomic mass is 10.0. The highest BCUT2D eigenvalue weighted by Crippen LogP contribution is 2.27. The van der Waals surface area contributed by atoms with E-state index in [4.69, 9.17) is 9.84 Å². The van der Waals surface area contributed by atoms with Gasteiger partial charge in [0.05, 0.1) is 12.7 Å². The Bertz CT molecular complexity index is 408. The minimum atomic E-state index is 0.199. The molecule has 3 nitrogen and oxygen atoms in total. The van der Waals surface area contributed by atoms with Crippen LogP contribution in [0.4, 0.5) is 0 Å². The fourth-order valence-electron chi connectivity index (χ4n) is 2.86. The van der Waals surface area contributed by atoms with E-state index in [1.807, 2.05) is 0 Å². The Hall–Kier alpha value is -0.900. The molecule has 1 fully saturated rings. The molecule has 0 radical (unpaired) electrons. The number of rotatable bonds is 6. The van der Waals surface area contributed by atoms with Gasteiger partial charge in [0.15, 0.2) is 0 Å². The zero-order valence-electron chi connectivity index (χ0n) is 12.7. The predicted octanol–water partition coefficient (Wildman–Crippen LogP) is 2.92. The van der Waals surface area contributed by atoms with Crippen LogP contribution in [0.5, 0.6) is 0 Å². The summed E-state index contributed by atoms with van der Waals surface area (Å²) in [6.45, 7) is 7.59. The van der Waals surface area contributed by atoms with Gasteiger partial charge in [-0.3, -0.25) is 4.90 Å². The average molecular weight is 277 g/mol. The number of hydrogen-bond donors (Lipinski definition) is 1. The lowest BCUT2D eigenvalue weighted by Gasteiger charge is -2.38. The third-order valence-electron chi connectivity index (χ3n) is 4.20. The lowest BCUT2D eigenvalue weighted by molar-refractivity contribution is -0.0606. The van der Waals surface area contributed by atoms with Crippen LogP contribution in [0.1, 0.15) is 43.4 Å². The van der Waals surface area contributed by atoms with E-state index in [1.54, 1.807) is 0 Å². The van der Waals surface area contributed by atoms with Crippen molar-refractivity contribution in [3.8, 4) is 0 Å². The number of aliphatic hydroxyl groups excluding tert-OH is 1. The molecule has 2 rings (SSSR count). The molecule has 0 spiro atoms. The average Bonchev–Trinajstić information content (AvgIpc) is 2.46. The highest BCUT2D eigenvalue weighted by molar-refractivity contribution is 5.28. The monoisotopic (exact) mass is 277 g/mol. The minimum absolute atomic E-state index is 0.199. The summed E-state index contributed by atoms with van der Waals surface area (Å²) in [4.78, 5) is 2.53. The SMILES string of the molecule is Cc1ccccc1C1CN(CCCCCO)C(C)CO1. The number of benzene rings is 1. The molecule has 0 bridgehead atoms. The smallest absolute Gasteiger partial charge is 0.0955 e. The van der Waals surface area contributed by atoms with Crippen molar-refractivity contribution in [2.45, 2.75) is 45.3 Å². The number of ether oxygens (including phenoxy) is 1. The van der Waals surface area contributed by atoms with Crippen LogP contribution in [-0.4, -0.2) is 42.4 Å². The van der Waals surface area contributed by atoms with Crippen LogP contribution in [0.25, 0.3) is 0 Å². The summed E-state index contributed by atoms with van der Waals surface area (Å²) < 4.78 is 6.03. The predicted molar refractivity (Wildman–Crippen MR) is 81.8 cm³/mol. The molecule has 2 unspecified atom stereocenters. The molecule has 1 aromatic rings.